The molecule has 0 spiro atoms. The molecule has 3 aromatic rings. The predicted octanol–water partition coefficient (Wildman–Crippen LogP) is 5.47. The summed E-state index contributed by atoms with van der Waals surface area (Å²) in [5, 5.41) is 3.13. The van der Waals surface area contributed by atoms with Crippen LogP contribution in [-0.4, -0.2) is 42.8 Å². The van der Waals surface area contributed by atoms with Crippen molar-refractivity contribution in [1.82, 2.24) is 9.97 Å². The normalized spacial score (nSPS) is 19.4. The highest BCUT2D eigenvalue weighted by molar-refractivity contribution is 8.00. The smallest absolute Gasteiger partial charge is 0.161 e. The highest BCUT2D eigenvalue weighted by Crippen LogP contribution is 2.59. The number of hydrogen-bond acceptors (Lipinski definition) is 6. The maximum Gasteiger partial charge on any atom is 0.161 e. The molecule has 1 N–H and O–H groups in total. The van der Waals surface area contributed by atoms with Gasteiger partial charge in [0.2, 0.25) is 0 Å². The van der Waals surface area contributed by atoms with Crippen LogP contribution in [0.5, 0.6) is 0 Å². The molecule has 1 aliphatic heterocycles. The van der Waals surface area contributed by atoms with Gasteiger partial charge in [-0.25, -0.2) is 18.7 Å². The summed E-state index contributed by atoms with van der Waals surface area (Å²) in [5.41, 5.74) is 2.88. The Labute approximate surface area is 196 Å². The van der Waals surface area contributed by atoms with E-state index in [0.717, 1.165) is 42.1 Å². The van der Waals surface area contributed by atoms with E-state index in [2.05, 4.69) is 23.2 Å². The topological polar surface area (TPSA) is 50.3 Å². The molecule has 1 aliphatic carbocycles. The first kappa shape index (κ1) is 22.1. The lowest BCUT2D eigenvalue weighted by molar-refractivity contribution is 0.0985. The fraction of sp³-hybridized carbons (Fsp3) is 0.360. The largest absolute Gasteiger partial charge is 0.388 e. The van der Waals surface area contributed by atoms with E-state index in [1.807, 2.05) is 31.3 Å². The van der Waals surface area contributed by atoms with E-state index in [9.17, 15) is 8.78 Å². The van der Waals surface area contributed by atoms with Gasteiger partial charge in [0.15, 0.2) is 17.5 Å². The summed E-state index contributed by atoms with van der Waals surface area (Å²) in [4.78, 5) is 12.9. The first-order valence-corrected chi connectivity index (χ1v) is 12.0. The van der Waals surface area contributed by atoms with Crippen molar-refractivity contribution in [2.24, 2.45) is 0 Å². The molecule has 2 aliphatic rings. The SMILES string of the molecule is CNc1ccc(-c2nc(N3CCOCC3C)cc(C3(Sc4ccc(F)c(F)c4)CC3)n2)cc1. The van der Waals surface area contributed by atoms with Crippen molar-refractivity contribution in [2.75, 3.05) is 37.0 Å². The number of morpholine rings is 1. The second-order valence-electron chi connectivity index (χ2n) is 8.55. The molecular weight excluding hydrogens is 442 g/mol. The minimum Gasteiger partial charge on any atom is -0.388 e. The Hall–Kier alpha value is -2.71. The lowest BCUT2D eigenvalue weighted by Crippen LogP contribution is -2.44. The number of benzene rings is 2. The molecule has 0 amide bonds. The average molecular weight is 469 g/mol. The second-order valence-corrected chi connectivity index (χ2v) is 10.0. The van der Waals surface area contributed by atoms with Gasteiger partial charge in [-0.15, -0.1) is 11.8 Å². The number of anilines is 2. The van der Waals surface area contributed by atoms with Crippen molar-refractivity contribution in [3.8, 4) is 11.4 Å². The number of ether oxygens (including phenoxy) is 1. The molecule has 1 saturated carbocycles. The van der Waals surface area contributed by atoms with E-state index < -0.39 is 11.6 Å². The zero-order valence-corrected chi connectivity index (χ0v) is 19.5. The first-order valence-electron chi connectivity index (χ1n) is 11.1. The highest BCUT2D eigenvalue weighted by atomic mass is 32.2. The highest BCUT2D eigenvalue weighted by Gasteiger charge is 2.47. The summed E-state index contributed by atoms with van der Waals surface area (Å²) in [6, 6.07) is 14.4. The molecule has 5 rings (SSSR count). The number of halogens is 2. The summed E-state index contributed by atoms with van der Waals surface area (Å²) in [5.74, 6) is -0.115. The maximum atomic E-state index is 13.8. The average Bonchev–Trinajstić information content (AvgIpc) is 3.62. The lowest BCUT2D eigenvalue weighted by atomic mass is 10.1. The molecule has 8 heteroatoms. The van der Waals surface area contributed by atoms with Gasteiger partial charge < -0.3 is 15.0 Å². The van der Waals surface area contributed by atoms with Gasteiger partial charge in [0.05, 0.1) is 29.7 Å². The molecule has 2 heterocycles. The van der Waals surface area contributed by atoms with E-state index in [-0.39, 0.29) is 10.8 Å². The Kier molecular flexibility index (Phi) is 5.97. The summed E-state index contributed by atoms with van der Waals surface area (Å²) in [6.07, 6.45) is 1.84. The van der Waals surface area contributed by atoms with E-state index in [0.29, 0.717) is 23.9 Å². The maximum absolute atomic E-state index is 13.8. The third kappa shape index (κ3) is 4.54. The van der Waals surface area contributed by atoms with Crippen LogP contribution < -0.4 is 10.2 Å². The van der Waals surface area contributed by atoms with Crippen molar-refractivity contribution >= 4 is 23.3 Å². The number of nitrogens with zero attached hydrogens (tertiary/aromatic N) is 3. The Balaban J connectivity index is 1.55. The van der Waals surface area contributed by atoms with E-state index in [4.69, 9.17) is 14.7 Å². The van der Waals surface area contributed by atoms with Gasteiger partial charge in [-0.05, 0) is 62.2 Å². The van der Waals surface area contributed by atoms with Crippen molar-refractivity contribution in [3.63, 3.8) is 0 Å². The molecule has 2 aromatic carbocycles. The van der Waals surface area contributed by atoms with Crippen LogP contribution in [0.25, 0.3) is 11.4 Å². The third-order valence-electron chi connectivity index (χ3n) is 6.18. The monoisotopic (exact) mass is 468 g/mol. The standard InChI is InChI=1S/C25H26F2N4OS/c1-16-15-32-12-11-31(16)23-14-22(29-24(30-23)17-3-5-18(28-2)6-4-17)25(9-10-25)33-19-7-8-20(26)21(27)13-19/h3-8,13-14,16,28H,9-12,15H2,1-2H3. The molecular formula is C25H26F2N4OS. The molecule has 2 fully saturated rings. The van der Waals surface area contributed by atoms with Crippen LogP contribution >= 0.6 is 11.8 Å². The third-order valence-corrected chi connectivity index (χ3v) is 7.68. The van der Waals surface area contributed by atoms with Crippen molar-refractivity contribution in [3.05, 3.63) is 65.9 Å². The Morgan fingerprint density at radius 1 is 1.06 bits per heavy atom. The molecule has 172 valence electrons. The zero-order chi connectivity index (χ0) is 23.0. The van der Waals surface area contributed by atoms with Gasteiger partial charge in [-0.3, -0.25) is 0 Å². The fourth-order valence-electron chi connectivity index (χ4n) is 4.09. The number of aromatic nitrogens is 2. The number of nitrogens with one attached hydrogen (secondary N) is 1. The molecule has 5 nitrogen and oxygen atoms in total. The van der Waals surface area contributed by atoms with Gasteiger partial charge in [-0.2, -0.15) is 0 Å². The molecule has 1 saturated heterocycles. The Bertz CT molecular complexity index is 1150. The summed E-state index contributed by atoms with van der Waals surface area (Å²) >= 11 is 1.55. The minimum atomic E-state index is -0.831. The zero-order valence-electron chi connectivity index (χ0n) is 18.6. The molecule has 1 unspecified atom stereocenters. The molecule has 1 atom stereocenters. The number of hydrogen-bond donors (Lipinski definition) is 1. The summed E-state index contributed by atoms with van der Waals surface area (Å²) in [6.45, 7) is 4.20. The predicted molar refractivity (Wildman–Crippen MR) is 128 cm³/mol. The van der Waals surface area contributed by atoms with Crippen LogP contribution in [0.1, 0.15) is 25.5 Å². The van der Waals surface area contributed by atoms with E-state index >= 15 is 0 Å². The lowest BCUT2D eigenvalue weighted by Gasteiger charge is -2.34. The Morgan fingerprint density at radius 3 is 2.52 bits per heavy atom. The Morgan fingerprint density at radius 2 is 1.85 bits per heavy atom. The quantitative estimate of drug-likeness (QED) is 0.518. The number of rotatable bonds is 6. The van der Waals surface area contributed by atoms with Gasteiger partial charge in [0.1, 0.15) is 5.82 Å². The minimum absolute atomic E-state index is 0.204. The van der Waals surface area contributed by atoms with Gasteiger partial charge >= 0.3 is 0 Å². The van der Waals surface area contributed by atoms with Gasteiger partial charge in [0, 0.05) is 35.8 Å². The molecule has 0 radical (unpaired) electrons. The summed E-state index contributed by atoms with van der Waals surface area (Å²) in [7, 11) is 1.89. The molecule has 33 heavy (non-hydrogen) atoms. The van der Waals surface area contributed by atoms with Crippen LogP contribution in [0.4, 0.5) is 20.3 Å². The van der Waals surface area contributed by atoms with Gasteiger partial charge in [0.25, 0.3) is 0 Å². The summed E-state index contributed by atoms with van der Waals surface area (Å²) < 4.78 is 32.6. The second kappa shape index (κ2) is 8.91. The number of thioether (sulfide) groups is 1. The van der Waals surface area contributed by atoms with Crippen LogP contribution in [0.3, 0.4) is 0 Å². The van der Waals surface area contributed by atoms with Crippen LogP contribution in [0, 0.1) is 11.6 Å². The van der Waals surface area contributed by atoms with E-state index in [1.165, 1.54) is 12.1 Å². The van der Waals surface area contributed by atoms with Crippen molar-refractivity contribution in [1.29, 1.82) is 0 Å². The van der Waals surface area contributed by atoms with Crippen LogP contribution in [-0.2, 0) is 9.48 Å². The van der Waals surface area contributed by atoms with Crippen LogP contribution in [0.15, 0.2) is 53.4 Å². The van der Waals surface area contributed by atoms with Crippen molar-refractivity contribution in [2.45, 2.75) is 35.4 Å². The van der Waals surface area contributed by atoms with Gasteiger partial charge in [-0.1, -0.05) is 0 Å². The van der Waals surface area contributed by atoms with Crippen LogP contribution in [0.2, 0.25) is 0 Å². The molecule has 0 bridgehead atoms. The first-order chi connectivity index (χ1) is 16.0. The van der Waals surface area contributed by atoms with E-state index in [1.54, 1.807) is 17.8 Å². The molecule has 1 aromatic heterocycles. The fourth-order valence-corrected chi connectivity index (χ4v) is 5.35. The van der Waals surface area contributed by atoms with Crippen molar-refractivity contribution < 1.29 is 13.5 Å².